The summed E-state index contributed by atoms with van der Waals surface area (Å²) in [6, 6.07) is -0.163. The van der Waals surface area contributed by atoms with Gasteiger partial charge in [-0.05, 0) is 31.1 Å². The number of nitrogens with two attached hydrogens (primary N) is 1. The lowest BCUT2D eigenvalue weighted by Gasteiger charge is -2.17. The van der Waals surface area contributed by atoms with Gasteiger partial charge >= 0.3 is 5.97 Å². The summed E-state index contributed by atoms with van der Waals surface area (Å²) >= 11 is 0. The average molecular weight is 227 g/mol. The molecule has 16 heavy (non-hydrogen) atoms. The van der Waals surface area contributed by atoms with Gasteiger partial charge in [-0.1, -0.05) is 32.6 Å². The zero-order valence-corrected chi connectivity index (χ0v) is 10.3. The van der Waals surface area contributed by atoms with E-state index in [4.69, 9.17) is 10.8 Å². The summed E-state index contributed by atoms with van der Waals surface area (Å²) in [4.78, 5) is 10.5. The van der Waals surface area contributed by atoms with E-state index in [1.807, 2.05) is 0 Å². The van der Waals surface area contributed by atoms with Crippen molar-refractivity contribution < 1.29 is 9.90 Å². The maximum atomic E-state index is 10.5. The van der Waals surface area contributed by atoms with Crippen molar-refractivity contribution in [3.8, 4) is 0 Å². The Hall–Kier alpha value is -0.570. The van der Waals surface area contributed by atoms with Gasteiger partial charge in [-0.25, -0.2) is 0 Å². The molecule has 0 aromatic carbocycles. The molecule has 3 N–H and O–H groups in total. The molecular formula is C13H25NO2. The number of aliphatic carboxylic acids is 1. The smallest absolute Gasteiger partial charge is 0.304 e. The quantitative estimate of drug-likeness (QED) is 0.703. The highest BCUT2D eigenvalue weighted by molar-refractivity contribution is 5.67. The Kier molecular flexibility index (Phi) is 5.81. The van der Waals surface area contributed by atoms with Crippen LogP contribution in [0.1, 0.15) is 58.3 Å². The minimum absolute atomic E-state index is 0.107. The molecule has 0 unspecified atom stereocenters. The Morgan fingerprint density at radius 3 is 2.56 bits per heavy atom. The second-order valence-corrected chi connectivity index (χ2v) is 5.43. The summed E-state index contributed by atoms with van der Waals surface area (Å²) < 4.78 is 0. The molecule has 0 aromatic rings. The standard InChI is InChI=1S/C13H25NO2/c1-10(8-11-4-2-3-5-11)6-7-12(14)9-13(15)16/h10-12H,2-9,14H2,1H3,(H,15,16)/t10-,12-/m0/s1. The van der Waals surface area contributed by atoms with Gasteiger partial charge < -0.3 is 10.8 Å². The normalized spacial score (nSPS) is 20.9. The molecule has 0 aromatic heterocycles. The summed E-state index contributed by atoms with van der Waals surface area (Å²) in [6.45, 7) is 2.27. The summed E-state index contributed by atoms with van der Waals surface area (Å²) in [6.07, 6.45) is 8.92. The van der Waals surface area contributed by atoms with Crippen LogP contribution in [0.15, 0.2) is 0 Å². The summed E-state index contributed by atoms with van der Waals surface area (Å²) in [5, 5.41) is 8.60. The van der Waals surface area contributed by atoms with Crippen molar-refractivity contribution in [3.05, 3.63) is 0 Å². The molecule has 94 valence electrons. The van der Waals surface area contributed by atoms with E-state index in [2.05, 4.69) is 6.92 Å². The second-order valence-electron chi connectivity index (χ2n) is 5.43. The fourth-order valence-electron chi connectivity index (χ4n) is 2.76. The van der Waals surface area contributed by atoms with E-state index in [-0.39, 0.29) is 12.5 Å². The third kappa shape index (κ3) is 5.50. The lowest BCUT2D eigenvalue weighted by atomic mass is 9.90. The van der Waals surface area contributed by atoms with Crippen LogP contribution >= 0.6 is 0 Å². The van der Waals surface area contributed by atoms with Gasteiger partial charge in [-0.15, -0.1) is 0 Å². The maximum absolute atomic E-state index is 10.5. The number of hydrogen-bond acceptors (Lipinski definition) is 2. The molecule has 0 heterocycles. The van der Waals surface area contributed by atoms with Gasteiger partial charge in [0.1, 0.15) is 0 Å². The van der Waals surface area contributed by atoms with Gasteiger partial charge in [0.15, 0.2) is 0 Å². The average Bonchev–Trinajstić information content (AvgIpc) is 2.66. The molecule has 3 heteroatoms. The molecule has 0 aliphatic heterocycles. The van der Waals surface area contributed by atoms with Gasteiger partial charge in [-0.3, -0.25) is 4.79 Å². The van der Waals surface area contributed by atoms with Crippen molar-refractivity contribution in [2.24, 2.45) is 17.6 Å². The maximum Gasteiger partial charge on any atom is 0.304 e. The number of rotatable bonds is 7. The van der Waals surface area contributed by atoms with Crippen LogP contribution in [0.3, 0.4) is 0 Å². The fourth-order valence-corrected chi connectivity index (χ4v) is 2.76. The highest BCUT2D eigenvalue weighted by Crippen LogP contribution is 2.31. The van der Waals surface area contributed by atoms with Crippen LogP contribution in [0, 0.1) is 11.8 Å². The summed E-state index contributed by atoms with van der Waals surface area (Å²) in [7, 11) is 0. The first-order chi connectivity index (χ1) is 7.58. The van der Waals surface area contributed by atoms with E-state index >= 15 is 0 Å². The number of carboxylic acid groups (broad SMARTS) is 1. The fraction of sp³-hybridized carbons (Fsp3) is 0.923. The summed E-state index contributed by atoms with van der Waals surface area (Å²) in [5.41, 5.74) is 5.75. The van der Waals surface area contributed by atoms with Crippen LogP contribution in [-0.2, 0) is 4.79 Å². The lowest BCUT2D eigenvalue weighted by molar-refractivity contribution is -0.137. The second kappa shape index (κ2) is 6.89. The van der Waals surface area contributed by atoms with Gasteiger partial charge in [-0.2, -0.15) is 0 Å². The Labute approximate surface area is 98.4 Å². The minimum atomic E-state index is -0.782. The predicted octanol–water partition coefficient (Wildman–Crippen LogP) is 2.79. The zero-order valence-electron chi connectivity index (χ0n) is 10.3. The molecule has 1 saturated carbocycles. The number of carboxylic acids is 1. The van der Waals surface area contributed by atoms with Gasteiger partial charge in [0.25, 0.3) is 0 Å². The molecule has 0 saturated heterocycles. The van der Waals surface area contributed by atoms with Crippen LogP contribution < -0.4 is 5.73 Å². The topological polar surface area (TPSA) is 63.3 Å². The molecular weight excluding hydrogens is 202 g/mol. The van der Waals surface area contributed by atoms with Crippen LogP contribution in [0.5, 0.6) is 0 Å². The Morgan fingerprint density at radius 2 is 2.00 bits per heavy atom. The number of carbonyl (C=O) groups is 1. The molecule has 0 amide bonds. The minimum Gasteiger partial charge on any atom is -0.481 e. The first-order valence-corrected chi connectivity index (χ1v) is 6.55. The molecule has 0 spiro atoms. The Balaban J connectivity index is 2.08. The molecule has 0 radical (unpaired) electrons. The molecule has 2 atom stereocenters. The van der Waals surface area contributed by atoms with Crippen molar-refractivity contribution >= 4 is 5.97 Å². The Bertz CT molecular complexity index is 212. The van der Waals surface area contributed by atoms with E-state index in [0.29, 0.717) is 5.92 Å². The van der Waals surface area contributed by atoms with E-state index < -0.39 is 5.97 Å². The molecule has 0 bridgehead atoms. The van der Waals surface area contributed by atoms with Crippen LogP contribution in [0.25, 0.3) is 0 Å². The third-order valence-electron chi connectivity index (χ3n) is 3.68. The van der Waals surface area contributed by atoms with Crippen LogP contribution in [-0.4, -0.2) is 17.1 Å². The van der Waals surface area contributed by atoms with Crippen LogP contribution in [0.2, 0.25) is 0 Å². The van der Waals surface area contributed by atoms with E-state index in [0.717, 1.165) is 18.8 Å². The highest BCUT2D eigenvalue weighted by atomic mass is 16.4. The molecule has 1 rings (SSSR count). The first kappa shape index (κ1) is 13.5. The van der Waals surface area contributed by atoms with Gasteiger partial charge in [0.05, 0.1) is 6.42 Å². The number of hydrogen-bond donors (Lipinski definition) is 2. The van der Waals surface area contributed by atoms with Crippen LogP contribution in [0.4, 0.5) is 0 Å². The molecule has 1 fully saturated rings. The van der Waals surface area contributed by atoms with Crippen molar-refractivity contribution in [1.82, 2.24) is 0 Å². The molecule has 3 nitrogen and oxygen atoms in total. The first-order valence-electron chi connectivity index (χ1n) is 6.55. The lowest BCUT2D eigenvalue weighted by Crippen LogP contribution is -2.24. The molecule has 1 aliphatic rings. The zero-order chi connectivity index (χ0) is 12.0. The van der Waals surface area contributed by atoms with Gasteiger partial charge in [0, 0.05) is 6.04 Å². The predicted molar refractivity (Wildman–Crippen MR) is 65.2 cm³/mol. The van der Waals surface area contributed by atoms with Crippen molar-refractivity contribution in [2.75, 3.05) is 0 Å². The van der Waals surface area contributed by atoms with Crippen molar-refractivity contribution in [3.63, 3.8) is 0 Å². The Morgan fingerprint density at radius 1 is 1.38 bits per heavy atom. The third-order valence-corrected chi connectivity index (χ3v) is 3.68. The van der Waals surface area contributed by atoms with Gasteiger partial charge in [0.2, 0.25) is 0 Å². The van der Waals surface area contributed by atoms with E-state index in [1.54, 1.807) is 0 Å². The van der Waals surface area contributed by atoms with E-state index in [1.165, 1.54) is 32.1 Å². The molecule has 1 aliphatic carbocycles. The largest absolute Gasteiger partial charge is 0.481 e. The van der Waals surface area contributed by atoms with E-state index in [9.17, 15) is 4.79 Å². The summed E-state index contributed by atoms with van der Waals surface area (Å²) in [5.74, 6) is 0.838. The highest BCUT2D eigenvalue weighted by Gasteiger charge is 2.18. The van der Waals surface area contributed by atoms with Crippen molar-refractivity contribution in [2.45, 2.75) is 64.3 Å². The SMILES string of the molecule is C[C@@H](CC[C@H](N)CC(=O)O)CC1CCCC1. The van der Waals surface area contributed by atoms with Crippen molar-refractivity contribution in [1.29, 1.82) is 0 Å². The monoisotopic (exact) mass is 227 g/mol.